The Morgan fingerprint density at radius 1 is 1.24 bits per heavy atom. The Kier molecular flexibility index (Phi) is 6.18. The molecule has 0 heterocycles. The number of halogens is 3. The first-order valence-electron chi connectivity index (χ1n) is 6.30. The zero-order valence-electron chi connectivity index (χ0n) is 11.8. The minimum absolute atomic E-state index is 0.0790. The van der Waals surface area contributed by atoms with Crippen LogP contribution >= 0.6 is 0 Å². The van der Waals surface area contributed by atoms with Crippen molar-refractivity contribution < 1.29 is 26.3 Å². The summed E-state index contributed by atoms with van der Waals surface area (Å²) in [5, 5.41) is -0.685. The summed E-state index contributed by atoms with van der Waals surface area (Å²) in [4.78, 5) is 0. The van der Waals surface area contributed by atoms with Gasteiger partial charge in [0.1, 0.15) is 0 Å². The van der Waals surface area contributed by atoms with Crippen molar-refractivity contribution in [3.8, 4) is 0 Å². The maximum absolute atomic E-state index is 12.4. The third kappa shape index (κ3) is 5.64. The summed E-state index contributed by atoms with van der Waals surface area (Å²) in [5.74, 6) is 0. The average molecular weight is 325 g/mol. The van der Waals surface area contributed by atoms with E-state index in [4.69, 9.17) is 4.74 Å². The maximum atomic E-state index is 12.4. The quantitative estimate of drug-likeness (QED) is 0.836. The molecule has 8 heteroatoms. The minimum atomic E-state index is -4.37. The number of alkyl halides is 3. The molecule has 0 saturated heterocycles. The molecule has 0 spiro atoms. The van der Waals surface area contributed by atoms with Crippen molar-refractivity contribution in [2.45, 2.75) is 24.8 Å². The molecule has 0 aromatic heterocycles. The van der Waals surface area contributed by atoms with E-state index in [0.29, 0.717) is 12.0 Å². The monoisotopic (exact) mass is 325 g/mol. The number of benzene rings is 1. The molecule has 1 aromatic carbocycles. The smallest absolute Gasteiger partial charge is 0.383 e. The molecular formula is C13H18F3NO3S. The standard InChI is InChI=1S/C13H18F3NO3S/c1-10(9-20-2)21(18,19)17-8-7-11-3-5-12(6-4-11)13(14,15)16/h3-6,10,17H,7-9H2,1-2H3/t10-/m0/s1. The molecule has 1 atom stereocenters. The van der Waals surface area contributed by atoms with Crippen molar-refractivity contribution in [1.29, 1.82) is 0 Å². The van der Waals surface area contributed by atoms with E-state index in [1.165, 1.54) is 26.2 Å². The van der Waals surface area contributed by atoms with Gasteiger partial charge in [-0.3, -0.25) is 0 Å². The van der Waals surface area contributed by atoms with Crippen molar-refractivity contribution in [2.75, 3.05) is 20.3 Å². The number of sulfonamides is 1. The minimum Gasteiger partial charge on any atom is -0.383 e. The molecule has 4 nitrogen and oxygen atoms in total. The van der Waals surface area contributed by atoms with Crippen LogP contribution in [0.4, 0.5) is 13.2 Å². The molecule has 1 N–H and O–H groups in total. The van der Waals surface area contributed by atoms with Gasteiger partial charge in [0.25, 0.3) is 0 Å². The van der Waals surface area contributed by atoms with E-state index in [2.05, 4.69) is 4.72 Å². The second-order valence-electron chi connectivity index (χ2n) is 4.65. The largest absolute Gasteiger partial charge is 0.416 e. The Morgan fingerprint density at radius 3 is 2.29 bits per heavy atom. The highest BCUT2D eigenvalue weighted by molar-refractivity contribution is 7.90. The Balaban J connectivity index is 2.53. The van der Waals surface area contributed by atoms with Gasteiger partial charge in [0.15, 0.2) is 0 Å². The van der Waals surface area contributed by atoms with Crippen LogP contribution < -0.4 is 4.72 Å². The highest BCUT2D eigenvalue weighted by Crippen LogP contribution is 2.29. The van der Waals surface area contributed by atoms with Crippen molar-refractivity contribution in [3.63, 3.8) is 0 Å². The van der Waals surface area contributed by atoms with Gasteiger partial charge in [-0.25, -0.2) is 13.1 Å². The number of nitrogens with one attached hydrogen (secondary N) is 1. The Labute approximate surface area is 122 Å². The zero-order valence-corrected chi connectivity index (χ0v) is 12.6. The van der Waals surface area contributed by atoms with E-state index in [9.17, 15) is 21.6 Å². The fraction of sp³-hybridized carbons (Fsp3) is 0.538. The van der Waals surface area contributed by atoms with Crippen LogP contribution in [-0.2, 0) is 27.4 Å². The molecular weight excluding hydrogens is 307 g/mol. The molecule has 0 radical (unpaired) electrons. The fourth-order valence-electron chi connectivity index (χ4n) is 1.66. The van der Waals surface area contributed by atoms with E-state index in [0.717, 1.165) is 12.1 Å². The van der Waals surface area contributed by atoms with Crippen LogP contribution in [0.2, 0.25) is 0 Å². The van der Waals surface area contributed by atoms with Gasteiger partial charge in [-0.2, -0.15) is 13.2 Å². The summed E-state index contributed by atoms with van der Waals surface area (Å²) in [6, 6.07) is 4.65. The third-order valence-electron chi connectivity index (χ3n) is 2.93. The molecule has 0 aliphatic carbocycles. The molecule has 0 unspecified atom stereocenters. The topological polar surface area (TPSA) is 55.4 Å². The summed E-state index contributed by atoms with van der Waals surface area (Å²) in [7, 11) is -2.07. The zero-order chi connectivity index (χ0) is 16.1. The predicted molar refractivity (Wildman–Crippen MR) is 73.4 cm³/mol. The first kappa shape index (κ1) is 17.9. The van der Waals surface area contributed by atoms with Crippen LogP contribution in [-0.4, -0.2) is 33.9 Å². The van der Waals surface area contributed by atoms with E-state index < -0.39 is 27.0 Å². The molecule has 0 aliphatic heterocycles. The SMILES string of the molecule is COC[C@H](C)S(=O)(=O)NCCc1ccc(C(F)(F)F)cc1. The Morgan fingerprint density at radius 2 is 1.81 bits per heavy atom. The lowest BCUT2D eigenvalue weighted by Crippen LogP contribution is -2.36. The van der Waals surface area contributed by atoms with E-state index >= 15 is 0 Å². The molecule has 0 amide bonds. The molecule has 0 aliphatic rings. The highest BCUT2D eigenvalue weighted by atomic mass is 32.2. The van der Waals surface area contributed by atoms with Gasteiger partial charge >= 0.3 is 6.18 Å². The van der Waals surface area contributed by atoms with Crippen molar-refractivity contribution in [1.82, 2.24) is 4.72 Å². The van der Waals surface area contributed by atoms with Gasteiger partial charge in [-0.15, -0.1) is 0 Å². The van der Waals surface area contributed by atoms with E-state index in [1.807, 2.05) is 0 Å². The van der Waals surface area contributed by atoms with Gasteiger partial charge in [-0.1, -0.05) is 12.1 Å². The van der Waals surface area contributed by atoms with Crippen LogP contribution in [0.25, 0.3) is 0 Å². The first-order valence-corrected chi connectivity index (χ1v) is 7.85. The number of rotatable bonds is 7. The molecule has 0 fully saturated rings. The lowest BCUT2D eigenvalue weighted by molar-refractivity contribution is -0.137. The van der Waals surface area contributed by atoms with Crippen molar-refractivity contribution in [2.24, 2.45) is 0 Å². The molecule has 120 valence electrons. The van der Waals surface area contributed by atoms with Gasteiger partial charge in [0.2, 0.25) is 10.0 Å². The third-order valence-corrected chi connectivity index (χ3v) is 4.73. The Bertz CT molecular complexity index is 541. The molecule has 21 heavy (non-hydrogen) atoms. The molecule has 1 rings (SSSR count). The Hall–Kier alpha value is -1.12. The number of hydrogen-bond donors (Lipinski definition) is 1. The second kappa shape index (κ2) is 7.24. The van der Waals surface area contributed by atoms with Crippen LogP contribution in [0, 0.1) is 0 Å². The summed E-state index contributed by atoms with van der Waals surface area (Å²) >= 11 is 0. The maximum Gasteiger partial charge on any atom is 0.416 e. The van der Waals surface area contributed by atoms with Crippen molar-refractivity contribution >= 4 is 10.0 Å². The van der Waals surface area contributed by atoms with Crippen LogP contribution in [0.1, 0.15) is 18.1 Å². The van der Waals surface area contributed by atoms with Gasteiger partial charge in [-0.05, 0) is 31.0 Å². The molecule has 0 saturated carbocycles. The molecule has 1 aromatic rings. The highest BCUT2D eigenvalue weighted by Gasteiger charge is 2.29. The summed E-state index contributed by atoms with van der Waals surface area (Å²) in [6.07, 6.45) is -4.05. The number of ether oxygens (including phenoxy) is 1. The van der Waals surface area contributed by atoms with Gasteiger partial charge < -0.3 is 4.74 Å². The lowest BCUT2D eigenvalue weighted by Gasteiger charge is -2.13. The first-order chi connectivity index (χ1) is 9.66. The normalized spacial score (nSPS) is 14.1. The second-order valence-corrected chi connectivity index (χ2v) is 6.83. The van der Waals surface area contributed by atoms with Crippen LogP contribution in [0.5, 0.6) is 0 Å². The van der Waals surface area contributed by atoms with Crippen LogP contribution in [0.3, 0.4) is 0 Å². The van der Waals surface area contributed by atoms with Crippen molar-refractivity contribution in [3.05, 3.63) is 35.4 Å². The molecule has 0 bridgehead atoms. The number of hydrogen-bond acceptors (Lipinski definition) is 3. The number of methoxy groups -OCH3 is 1. The van der Waals surface area contributed by atoms with Crippen LogP contribution in [0.15, 0.2) is 24.3 Å². The summed E-state index contributed by atoms with van der Waals surface area (Å²) in [5.41, 5.74) is -0.0920. The van der Waals surface area contributed by atoms with Gasteiger partial charge in [0, 0.05) is 13.7 Å². The summed E-state index contributed by atoms with van der Waals surface area (Å²) in [6.45, 7) is 1.72. The summed E-state index contributed by atoms with van der Waals surface area (Å²) < 4.78 is 67.9. The fourth-order valence-corrected chi connectivity index (χ4v) is 2.65. The predicted octanol–water partition coefficient (Wildman–Crippen LogP) is 2.20. The lowest BCUT2D eigenvalue weighted by atomic mass is 10.1. The van der Waals surface area contributed by atoms with Gasteiger partial charge in [0.05, 0.1) is 17.4 Å². The van der Waals surface area contributed by atoms with E-state index in [1.54, 1.807) is 0 Å². The average Bonchev–Trinajstić information content (AvgIpc) is 2.38. The van der Waals surface area contributed by atoms with E-state index in [-0.39, 0.29) is 13.2 Å².